The van der Waals surface area contributed by atoms with Gasteiger partial charge < -0.3 is 14.4 Å². The summed E-state index contributed by atoms with van der Waals surface area (Å²) in [6, 6.07) is 25.7. The van der Waals surface area contributed by atoms with Gasteiger partial charge in [-0.2, -0.15) is 0 Å². The Morgan fingerprint density at radius 2 is 1.48 bits per heavy atom. The molecule has 0 aromatic heterocycles. The summed E-state index contributed by atoms with van der Waals surface area (Å²) < 4.78 is 10.5. The van der Waals surface area contributed by atoms with Crippen LogP contribution in [0.15, 0.2) is 78.9 Å². The molecule has 3 aromatic rings. The number of ether oxygens (including phenoxy) is 2. The quantitative estimate of drug-likeness (QED) is 0.572. The lowest BCUT2D eigenvalue weighted by Crippen LogP contribution is -2.15. The molecule has 4 nitrogen and oxygen atoms in total. The number of methoxy groups -OCH3 is 1. The molecule has 0 radical (unpaired) electrons. The molecule has 0 aliphatic carbocycles. The van der Waals surface area contributed by atoms with E-state index in [1.165, 1.54) is 18.4 Å². The first-order valence-electron chi connectivity index (χ1n) is 8.81. The van der Waals surface area contributed by atoms with Gasteiger partial charge in [0.25, 0.3) is 0 Å². The minimum Gasteiger partial charge on any atom is -0.489 e. The van der Waals surface area contributed by atoms with Crippen LogP contribution in [0.25, 0.3) is 0 Å². The summed E-state index contributed by atoms with van der Waals surface area (Å²) in [5, 5.41) is 0. The topological polar surface area (TPSA) is 38.8 Å². The van der Waals surface area contributed by atoms with Crippen molar-refractivity contribution in [2.75, 3.05) is 19.1 Å². The Balaban J connectivity index is 1.54. The van der Waals surface area contributed by atoms with Crippen molar-refractivity contribution >= 4 is 11.7 Å². The van der Waals surface area contributed by atoms with Gasteiger partial charge in [0.15, 0.2) is 0 Å². The van der Waals surface area contributed by atoms with Crippen LogP contribution < -0.4 is 9.64 Å². The lowest BCUT2D eigenvalue weighted by atomic mass is 10.1. The van der Waals surface area contributed by atoms with E-state index in [1.807, 2.05) is 42.5 Å². The summed E-state index contributed by atoms with van der Waals surface area (Å²) >= 11 is 0. The van der Waals surface area contributed by atoms with Crippen LogP contribution in [0, 0.1) is 0 Å². The molecule has 0 fully saturated rings. The van der Waals surface area contributed by atoms with Crippen LogP contribution in [0.1, 0.15) is 21.5 Å². The highest BCUT2D eigenvalue weighted by atomic mass is 16.5. The van der Waals surface area contributed by atoms with Gasteiger partial charge in [-0.1, -0.05) is 42.5 Å². The minimum absolute atomic E-state index is 0.335. The summed E-state index contributed by atoms with van der Waals surface area (Å²) in [5.74, 6) is 0.483. The first kappa shape index (κ1) is 18.5. The molecule has 0 atom stereocenters. The average molecular weight is 361 g/mol. The highest BCUT2D eigenvalue weighted by molar-refractivity contribution is 5.89. The van der Waals surface area contributed by atoms with Gasteiger partial charge in [0, 0.05) is 19.3 Å². The average Bonchev–Trinajstić information content (AvgIpc) is 2.73. The van der Waals surface area contributed by atoms with Crippen LogP contribution in [0.3, 0.4) is 0 Å². The van der Waals surface area contributed by atoms with Crippen LogP contribution in [0.4, 0.5) is 5.69 Å². The number of anilines is 1. The van der Waals surface area contributed by atoms with Gasteiger partial charge in [-0.05, 0) is 47.5 Å². The summed E-state index contributed by atoms with van der Waals surface area (Å²) in [7, 11) is 3.46. The second-order valence-corrected chi connectivity index (χ2v) is 6.31. The molecule has 3 rings (SSSR count). The zero-order valence-corrected chi connectivity index (χ0v) is 15.6. The number of hydrogen-bond donors (Lipinski definition) is 0. The van der Waals surface area contributed by atoms with Gasteiger partial charge >= 0.3 is 5.97 Å². The fourth-order valence-corrected chi connectivity index (χ4v) is 2.76. The highest BCUT2D eigenvalue weighted by Crippen LogP contribution is 2.18. The third-order valence-electron chi connectivity index (χ3n) is 4.32. The summed E-state index contributed by atoms with van der Waals surface area (Å²) in [4.78, 5) is 13.7. The van der Waals surface area contributed by atoms with Crippen LogP contribution in [-0.2, 0) is 17.9 Å². The molecule has 3 aromatic carbocycles. The second kappa shape index (κ2) is 8.90. The molecule has 0 aliphatic rings. The Hall–Kier alpha value is -3.27. The smallest absolute Gasteiger partial charge is 0.337 e. The van der Waals surface area contributed by atoms with Gasteiger partial charge in [-0.25, -0.2) is 4.79 Å². The van der Waals surface area contributed by atoms with E-state index in [1.54, 1.807) is 12.1 Å². The predicted octanol–water partition coefficient (Wildman–Crippen LogP) is 4.69. The molecule has 4 heteroatoms. The van der Waals surface area contributed by atoms with Crippen molar-refractivity contribution < 1.29 is 14.3 Å². The third-order valence-corrected chi connectivity index (χ3v) is 4.32. The number of para-hydroxylation sites is 1. The number of esters is 1. The van der Waals surface area contributed by atoms with Gasteiger partial charge in [-0.15, -0.1) is 0 Å². The Kier molecular flexibility index (Phi) is 6.10. The first-order chi connectivity index (χ1) is 13.2. The Bertz CT molecular complexity index is 858. The minimum atomic E-state index is -0.335. The monoisotopic (exact) mass is 361 g/mol. The summed E-state index contributed by atoms with van der Waals surface area (Å²) in [5.41, 5.74) is 3.94. The van der Waals surface area contributed by atoms with Crippen LogP contribution in [-0.4, -0.2) is 20.1 Å². The van der Waals surface area contributed by atoms with Crippen molar-refractivity contribution in [3.05, 3.63) is 95.6 Å². The van der Waals surface area contributed by atoms with Crippen molar-refractivity contribution in [3.8, 4) is 5.75 Å². The molecule has 0 saturated carbocycles. The Morgan fingerprint density at radius 1 is 0.852 bits per heavy atom. The largest absolute Gasteiger partial charge is 0.489 e. The fourth-order valence-electron chi connectivity index (χ4n) is 2.76. The highest BCUT2D eigenvalue weighted by Gasteiger charge is 2.05. The van der Waals surface area contributed by atoms with E-state index in [2.05, 4.69) is 36.2 Å². The maximum Gasteiger partial charge on any atom is 0.337 e. The van der Waals surface area contributed by atoms with E-state index in [4.69, 9.17) is 9.47 Å². The summed E-state index contributed by atoms with van der Waals surface area (Å²) in [6.45, 7) is 1.28. The molecule has 0 saturated heterocycles. The molecular formula is C23H23NO3. The Labute approximate surface area is 160 Å². The molecule has 0 amide bonds. The van der Waals surface area contributed by atoms with Crippen molar-refractivity contribution in [1.82, 2.24) is 0 Å². The number of rotatable bonds is 7. The molecule has 27 heavy (non-hydrogen) atoms. The summed E-state index contributed by atoms with van der Waals surface area (Å²) in [6.07, 6.45) is 0. The molecule has 0 spiro atoms. The van der Waals surface area contributed by atoms with Crippen LogP contribution >= 0.6 is 0 Å². The van der Waals surface area contributed by atoms with Gasteiger partial charge in [0.05, 0.1) is 12.7 Å². The zero-order chi connectivity index (χ0) is 19.1. The van der Waals surface area contributed by atoms with Crippen LogP contribution in [0.2, 0.25) is 0 Å². The molecule has 0 bridgehead atoms. The first-order valence-corrected chi connectivity index (χ1v) is 8.81. The van der Waals surface area contributed by atoms with Crippen molar-refractivity contribution in [1.29, 1.82) is 0 Å². The van der Waals surface area contributed by atoms with Gasteiger partial charge in [0.2, 0.25) is 0 Å². The van der Waals surface area contributed by atoms with E-state index >= 15 is 0 Å². The maximum atomic E-state index is 11.4. The molecule has 0 aliphatic heterocycles. The SMILES string of the molecule is COC(=O)c1ccc(COc2ccc(CN(C)c3ccccc3)cc2)cc1. The van der Waals surface area contributed by atoms with Crippen molar-refractivity contribution in [2.45, 2.75) is 13.2 Å². The van der Waals surface area contributed by atoms with E-state index in [0.29, 0.717) is 12.2 Å². The van der Waals surface area contributed by atoms with E-state index in [-0.39, 0.29) is 5.97 Å². The third kappa shape index (κ3) is 5.11. The number of benzene rings is 3. The van der Waals surface area contributed by atoms with Crippen LogP contribution in [0.5, 0.6) is 5.75 Å². The second-order valence-electron chi connectivity index (χ2n) is 6.31. The maximum absolute atomic E-state index is 11.4. The Morgan fingerprint density at radius 3 is 2.11 bits per heavy atom. The predicted molar refractivity (Wildman–Crippen MR) is 107 cm³/mol. The number of nitrogens with zero attached hydrogens (tertiary/aromatic N) is 1. The van der Waals surface area contributed by atoms with Crippen molar-refractivity contribution in [3.63, 3.8) is 0 Å². The molecule has 0 N–H and O–H groups in total. The van der Waals surface area contributed by atoms with E-state index in [0.717, 1.165) is 17.9 Å². The van der Waals surface area contributed by atoms with Gasteiger partial charge in [0.1, 0.15) is 12.4 Å². The zero-order valence-electron chi connectivity index (χ0n) is 15.6. The lowest BCUT2D eigenvalue weighted by Gasteiger charge is -2.19. The molecule has 0 heterocycles. The van der Waals surface area contributed by atoms with Crippen molar-refractivity contribution in [2.24, 2.45) is 0 Å². The normalized spacial score (nSPS) is 10.3. The fraction of sp³-hybridized carbons (Fsp3) is 0.174. The standard InChI is InChI=1S/C23H23NO3/c1-24(21-6-4-3-5-7-21)16-18-10-14-22(15-11-18)27-17-19-8-12-20(13-9-19)23(25)26-2/h3-15H,16-17H2,1-2H3. The molecule has 0 unspecified atom stereocenters. The molecule has 138 valence electrons. The molecular weight excluding hydrogens is 338 g/mol. The van der Waals surface area contributed by atoms with E-state index < -0.39 is 0 Å². The number of carbonyl (C=O) groups excluding carboxylic acids is 1. The van der Waals surface area contributed by atoms with E-state index in [9.17, 15) is 4.79 Å². The number of hydrogen-bond acceptors (Lipinski definition) is 4. The number of carbonyl (C=O) groups is 1. The lowest BCUT2D eigenvalue weighted by molar-refractivity contribution is 0.0600. The van der Waals surface area contributed by atoms with Gasteiger partial charge in [-0.3, -0.25) is 0 Å².